The maximum absolute atomic E-state index is 12.8. The van der Waals surface area contributed by atoms with Gasteiger partial charge in [0.05, 0.1) is 0 Å². The third kappa shape index (κ3) is 3.49. The molecule has 0 heterocycles. The molecule has 0 saturated heterocycles. The van der Waals surface area contributed by atoms with Crippen molar-refractivity contribution in [2.45, 2.75) is 24.3 Å². The number of hydrogen-bond acceptors (Lipinski definition) is 2. The Balaban J connectivity index is 2.72. The van der Waals surface area contributed by atoms with Crippen LogP contribution in [0.1, 0.15) is 19.4 Å². The topological polar surface area (TPSA) is 37.3 Å². The molecule has 1 aromatic carbocycles. The Morgan fingerprint density at radius 1 is 1.56 bits per heavy atom. The van der Waals surface area contributed by atoms with Crippen molar-refractivity contribution < 1.29 is 14.3 Å². The van der Waals surface area contributed by atoms with Crippen LogP contribution in [0.25, 0.3) is 0 Å². The van der Waals surface area contributed by atoms with Gasteiger partial charge in [-0.15, -0.1) is 11.8 Å². The quantitative estimate of drug-likeness (QED) is 0.922. The molecule has 0 aromatic heterocycles. The molecule has 2 nitrogen and oxygen atoms in total. The fourth-order valence-corrected chi connectivity index (χ4v) is 2.53. The van der Waals surface area contributed by atoms with E-state index in [1.54, 1.807) is 19.9 Å². The number of thioether (sulfide) groups is 1. The van der Waals surface area contributed by atoms with E-state index in [4.69, 9.17) is 5.11 Å². The zero-order valence-electron chi connectivity index (χ0n) is 8.96. The highest BCUT2D eigenvalue weighted by Gasteiger charge is 2.27. The normalized spacial score (nSPS) is 11.5. The molecule has 0 unspecified atom stereocenters. The largest absolute Gasteiger partial charge is 0.480 e. The van der Waals surface area contributed by atoms with E-state index in [9.17, 15) is 9.18 Å². The summed E-state index contributed by atoms with van der Waals surface area (Å²) in [5.41, 5.74) is 0.890. The third-order valence-corrected chi connectivity index (χ3v) is 4.21. The minimum atomic E-state index is -0.851. The highest BCUT2D eigenvalue weighted by Crippen LogP contribution is 2.31. The summed E-state index contributed by atoms with van der Waals surface area (Å²) in [6.07, 6.45) is 0. The van der Waals surface area contributed by atoms with Gasteiger partial charge in [-0.3, -0.25) is 4.79 Å². The molecule has 0 fully saturated rings. The average Bonchev–Trinajstić information content (AvgIpc) is 2.16. The molecular formula is C11H12BrFO2S. The molecule has 0 amide bonds. The number of halogens is 2. The van der Waals surface area contributed by atoms with Crippen molar-refractivity contribution in [2.24, 2.45) is 0 Å². The molecule has 0 aliphatic carbocycles. The van der Waals surface area contributed by atoms with E-state index < -0.39 is 10.7 Å². The summed E-state index contributed by atoms with van der Waals surface area (Å²) < 4.78 is 12.6. The number of rotatable bonds is 4. The van der Waals surface area contributed by atoms with Crippen molar-refractivity contribution in [3.8, 4) is 0 Å². The molecule has 0 atom stereocenters. The van der Waals surface area contributed by atoms with Crippen LogP contribution in [0.4, 0.5) is 4.39 Å². The monoisotopic (exact) mass is 306 g/mol. The van der Waals surface area contributed by atoms with Crippen LogP contribution in [-0.4, -0.2) is 15.8 Å². The number of aliphatic carboxylic acids is 1. The Bertz CT molecular complexity index is 407. The standard InChI is InChI=1S/C11H12BrFO2S/c1-11(2,10(14)15)16-6-7-3-4-8(13)5-9(7)12/h3-5H,6H2,1-2H3,(H,14,15). The van der Waals surface area contributed by atoms with Crippen LogP contribution in [0.2, 0.25) is 0 Å². The molecule has 88 valence electrons. The Labute approximate surface area is 106 Å². The fourth-order valence-electron chi connectivity index (χ4n) is 0.959. The molecule has 16 heavy (non-hydrogen) atoms. The molecule has 0 aliphatic rings. The molecule has 1 aromatic rings. The van der Waals surface area contributed by atoms with E-state index in [1.165, 1.54) is 23.9 Å². The Kier molecular flexibility index (Phi) is 4.38. The van der Waals surface area contributed by atoms with E-state index in [-0.39, 0.29) is 5.82 Å². The molecule has 0 aliphatic heterocycles. The van der Waals surface area contributed by atoms with Gasteiger partial charge in [0.25, 0.3) is 0 Å². The van der Waals surface area contributed by atoms with Crippen molar-refractivity contribution in [3.63, 3.8) is 0 Å². The van der Waals surface area contributed by atoms with Crippen molar-refractivity contribution in [1.82, 2.24) is 0 Å². The lowest BCUT2D eigenvalue weighted by Crippen LogP contribution is -2.27. The zero-order valence-corrected chi connectivity index (χ0v) is 11.4. The van der Waals surface area contributed by atoms with Crippen molar-refractivity contribution in [3.05, 3.63) is 34.1 Å². The summed E-state index contributed by atoms with van der Waals surface area (Å²) in [6, 6.07) is 4.41. The van der Waals surface area contributed by atoms with Crippen LogP contribution < -0.4 is 0 Å². The van der Waals surface area contributed by atoms with Crippen LogP contribution in [0.5, 0.6) is 0 Å². The molecule has 0 saturated carbocycles. The lowest BCUT2D eigenvalue weighted by atomic mass is 10.2. The predicted molar refractivity (Wildman–Crippen MR) is 67.1 cm³/mol. The lowest BCUT2D eigenvalue weighted by Gasteiger charge is -2.18. The maximum Gasteiger partial charge on any atom is 0.319 e. The molecule has 0 bridgehead atoms. The third-order valence-electron chi connectivity index (χ3n) is 2.12. The van der Waals surface area contributed by atoms with Gasteiger partial charge in [0, 0.05) is 10.2 Å². The van der Waals surface area contributed by atoms with Gasteiger partial charge in [0.1, 0.15) is 10.6 Å². The second-order valence-electron chi connectivity index (χ2n) is 3.84. The lowest BCUT2D eigenvalue weighted by molar-refractivity contribution is -0.138. The minimum absolute atomic E-state index is 0.307. The van der Waals surface area contributed by atoms with E-state index in [2.05, 4.69) is 15.9 Å². The van der Waals surface area contributed by atoms with Crippen molar-refractivity contribution in [2.75, 3.05) is 0 Å². The number of carboxylic acid groups (broad SMARTS) is 1. The summed E-state index contributed by atoms with van der Waals surface area (Å²) in [6.45, 7) is 3.30. The first-order valence-electron chi connectivity index (χ1n) is 4.64. The van der Waals surface area contributed by atoms with Gasteiger partial charge in [-0.1, -0.05) is 22.0 Å². The number of carbonyl (C=O) groups is 1. The second kappa shape index (κ2) is 5.19. The SMILES string of the molecule is CC(C)(SCc1ccc(F)cc1Br)C(=O)O. The maximum atomic E-state index is 12.8. The summed E-state index contributed by atoms with van der Waals surface area (Å²) in [5.74, 6) is -0.631. The number of hydrogen-bond donors (Lipinski definition) is 1. The van der Waals surface area contributed by atoms with Gasteiger partial charge >= 0.3 is 5.97 Å². The highest BCUT2D eigenvalue weighted by molar-refractivity contribution is 9.10. The first-order valence-corrected chi connectivity index (χ1v) is 6.42. The predicted octanol–water partition coefficient (Wildman–Crippen LogP) is 3.68. The van der Waals surface area contributed by atoms with Gasteiger partial charge < -0.3 is 5.11 Å². The Morgan fingerprint density at radius 3 is 2.69 bits per heavy atom. The first kappa shape index (κ1) is 13.5. The number of benzene rings is 1. The molecule has 0 radical (unpaired) electrons. The molecular weight excluding hydrogens is 295 g/mol. The molecule has 1 rings (SSSR count). The van der Waals surface area contributed by atoms with Crippen LogP contribution in [0, 0.1) is 5.82 Å². The van der Waals surface area contributed by atoms with Crippen LogP contribution in [0.15, 0.2) is 22.7 Å². The summed E-state index contributed by atoms with van der Waals surface area (Å²) in [7, 11) is 0. The van der Waals surface area contributed by atoms with Crippen LogP contribution in [-0.2, 0) is 10.5 Å². The number of carboxylic acids is 1. The van der Waals surface area contributed by atoms with E-state index in [0.717, 1.165) is 5.56 Å². The Hall–Kier alpha value is -0.550. The fraction of sp³-hybridized carbons (Fsp3) is 0.364. The van der Waals surface area contributed by atoms with Crippen LogP contribution in [0.3, 0.4) is 0 Å². The molecule has 0 spiro atoms. The Morgan fingerprint density at radius 2 is 2.19 bits per heavy atom. The van der Waals surface area contributed by atoms with Gasteiger partial charge in [-0.2, -0.15) is 0 Å². The first-order chi connectivity index (χ1) is 7.33. The minimum Gasteiger partial charge on any atom is -0.480 e. The van der Waals surface area contributed by atoms with E-state index >= 15 is 0 Å². The summed E-state index contributed by atoms with van der Waals surface area (Å²) >= 11 is 4.56. The highest BCUT2D eigenvalue weighted by atomic mass is 79.9. The smallest absolute Gasteiger partial charge is 0.319 e. The van der Waals surface area contributed by atoms with Gasteiger partial charge in [-0.25, -0.2) is 4.39 Å². The van der Waals surface area contributed by atoms with Crippen LogP contribution >= 0.6 is 27.7 Å². The van der Waals surface area contributed by atoms with Gasteiger partial charge in [0.15, 0.2) is 0 Å². The van der Waals surface area contributed by atoms with Gasteiger partial charge in [-0.05, 0) is 31.5 Å². The zero-order chi connectivity index (χ0) is 12.3. The van der Waals surface area contributed by atoms with Crippen molar-refractivity contribution in [1.29, 1.82) is 0 Å². The molecule has 5 heteroatoms. The second-order valence-corrected chi connectivity index (χ2v) is 6.29. The van der Waals surface area contributed by atoms with E-state index in [0.29, 0.717) is 10.2 Å². The molecule has 1 N–H and O–H groups in total. The average molecular weight is 307 g/mol. The summed E-state index contributed by atoms with van der Waals surface area (Å²) in [5, 5.41) is 8.94. The van der Waals surface area contributed by atoms with Gasteiger partial charge in [0.2, 0.25) is 0 Å². The summed E-state index contributed by atoms with van der Waals surface area (Å²) in [4.78, 5) is 10.9. The van der Waals surface area contributed by atoms with E-state index in [1.807, 2.05) is 0 Å². The van der Waals surface area contributed by atoms with Crippen molar-refractivity contribution >= 4 is 33.7 Å².